The van der Waals surface area contributed by atoms with Crippen LogP contribution < -0.4 is 0 Å². The summed E-state index contributed by atoms with van der Waals surface area (Å²) in [5, 5.41) is 36.9. The molecule has 0 aliphatic rings. The Morgan fingerprint density at radius 3 is 2.05 bits per heavy atom. The average Bonchev–Trinajstić information content (AvgIpc) is 2.44. The lowest BCUT2D eigenvalue weighted by Crippen LogP contribution is -2.31. The molecule has 116 valence electrons. The van der Waals surface area contributed by atoms with Crippen molar-refractivity contribution in [1.82, 2.24) is 0 Å². The Labute approximate surface area is 116 Å². The second-order valence-corrected chi connectivity index (χ2v) is 5.30. The third-order valence-electron chi connectivity index (χ3n) is 3.84. The maximum absolute atomic E-state index is 9.72. The van der Waals surface area contributed by atoms with Crippen molar-refractivity contribution >= 4 is 0 Å². The highest BCUT2D eigenvalue weighted by atomic mass is 16.5. The average molecular weight is 278 g/mol. The Morgan fingerprint density at radius 1 is 1.00 bits per heavy atom. The second kappa shape index (κ2) is 10.6. The summed E-state index contributed by atoms with van der Waals surface area (Å²) >= 11 is 0. The number of hydrogen-bond donors (Lipinski definition) is 4. The van der Waals surface area contributed by atoms with Gasteiger partial charge in [0.1, 0.15) is 0 Å². The van der Waals surface area contributed by atoms with Crippen molar-refractivity contribution in [2.45, 2.75) is 58.2 Å². The third kappa shape index (κ3) is 7.84. The van der Waals surface area contributed by atoms with E-state index in [1.807, 2.05) is 13.8 Å². The summed E-state index contributed by atoms with van der Waals surface area (Å²) in [5.74, 6) is 0. The fourth-order valence-corrected chi connectivity index (χ4v) is 1.90. The number of aliphatic hydroxyl groups excluding tert-OH is 4. The highest BCUT2D eigenvalue weighted by Gasteiger charge is 2.25. The van der Waals surface area contributed by atoms with Crippen LogP contribution in [0.3, 0.4) is 0 Å². The number of ether oxygens (including phenoxy) is 1. The van der Waals surface area contributed by atoms with Crippen molar-refractivity contribution < 1.29 is 25.2 Å². The molecule has 4 N–H and O–H groups in total. The normalized spacial score (nSPS) is 15.5. The zero-order chi connectivity index (χ0) is 14.7. The van der Waals surface area contributed by atoms with E-state index in [9.17, 15) is 10.2 Å². The summed E-state index contributed by atoms with van der Waals surface area (Å²) in [4.78, 5) is 0. The first-order valence-corrected chi connectivity index (χ1v) is 7.19. The Bertz CT molecular complexity index is 198. The van der Waals surface area contributed by atoms with Crippen LogP contribution in [0.2, 0.25) is 0 Å². The van der Waals surface area contributed by atoms with Crippen LogP contribution in [0.5, 0.6) is 0 Å². The molecule has 2 unspecified atom stereocenters. The molecule has 0 spiro atoms. The SMILES string of the molecule is CCC(CC)(CO)COCC(O)CCCC(O)CO. The number of hydrogen-bond acceptors (Lipinski definition) is 5. The van der Waals surface area contributed by atoms with E-state index in [0.717, 1.165) is 12.8 Å². The summed E-state index contributed by atoms with van der Waals surface area (Å²) in [6, 6.07) is 0. The van der Waals surface area contributed by atoms with E-state index < -0.39 is 12.2 Å². The lowest BCUT2D eigenvalue weighted by atomic mass is 9.84. The molecule has 0 heterocycles. The summed E-state index contributed by atoms with van der Waals surface area (Å²) < 4.78 is 5.50. The van der Waals surface area contributed by atoms with Crippen LogP contribution in [0.1, 0.15) is 46.0 Å². The molecular formula is C14H30O5. The molecule has 0 aromatic rings. The van der Waals surface area contributed by atoms with E-state index in [4.69, 9.17) is 14.9 Å². The fourth-order valence-electron chi connectivity index (χ4n) is 1.90. The molecule has 0 aliphatic carbocycles. The topological polar surface area (TPSA) is 90.2 Å². The van der Waals surface area contributed by atoms with Gasteiger partial charge in [-0.1, -0.05) is 13.8 Å². The van der Waals surface area contributed by atoms with Crippen LogP contribution in [-0.4, -0.2) is 59.1 Å². The van der Waals surface area contributed by atoms with Crippen LogP contribution in [0, 0.1) is 5.41 Å². The molecule has 0 aliphatic heterocycles. The van der Waals surface area contributed by atoms with E-state index in [1.165, 1.54) is 0 Å². The van der Waals surface area contributed by atoms with Gasteiger partial charge in [0.25, 0.3) is 0 Å². The summed E-state index contributed by atoms with van der Waals surface area (Å²) in [7, 11) is 0. The predicted molar refractivity (Wildman–Crippen MR) is 73.9 cm³/mol. The molecule has 19 heavy (non-hydrogen) atoms. The zero-order valence-electron chi connectivity index (χ0n) is 12.2. The summed E-state index contributed by atoms with van der Waals surface area (Å²) in [6.07, 6.45) is 2.11. The van der Waals surface area contributed by atoms with Crippen LogP contribution in [0.25, 0.3) is 0 Å². The van der Waals surface area contributed by atoms with Crippen molar-refractivity contribution in [2.24, 2.45) is 5.41 Å². The monoisotopic (exact) mass is 278 g/mol. The van der Waals surface area contributed by atoms with Gasteiger partial charge in [-0.2, -0.15) is 0 Å². The van der Waals surface area contributed by atoms with Gasteiger partial charge in [-0.3, -0.25) is 0 Å². The standard InChI is InChI=1S/C14H30O5/c1-3-14(4-2,10-16)11-19-9-13(18)7-5-6-12(17)8-15/h12-13,15-18H,3-11H2,1-2H3. The van der Waals surface area contributed by atoms with E-state index >= 15 is 0 Å². The molecule has 2 atom stereocenters. The minimum absolute atomic E-state index is 0.0960. The number of aliphatic hydroxyl groups is 4. The van der Waals surface area contributed by atoms with Gasteiger partial charge in [0.05, 0.1) is 38.6 Å². The smallest absolute Gasteiger partial charge is 0.0773 e. The molecular weight excluding hydrogens is 248 g/mol. The Morgan fingerprint density at radius 2 is 1.58 bits per heavy atom. The first-order valence-electron chi connectivity index (χ1n) is 7.19. The van der Waals surface area contributed by atoms with Crippen LogP contribution in [0.15, 0.2) is 0 Å². The van der Waals surface area contributed by atoms with Gasteiger partial charge in [-0.05, 0) is 32.1 Å². The van der Waals surface area contributed by atoms with Crippen molar-refractivity contribution in [1.29, 1.82) is 0 Å². The van der Waals surface area contributed by atoms with Gasteiger partial charge in [0, 0.05) is 5.41 Å². The molecule has 0 fully saturated rings. The maximum atomic E-state index is 9.72. The van der Waals surface area contributed by atoms with Crippen molar-refractivity contribution in [3.05, 3.63) is 0 Å². The maximum Gasteiger partial charge on any atom is 0.0773 e. The minimum atomic E-state index is -0.699. The minimum Gasteiger partial charge on any atom is -0.396 e. The lowest BCUT2D eigenvalue weighted by Gasteiger charge is -2.29. The summed E-state index contributed by atoms with van der Waals surface area (Å²) in [6.45, 7) is 4.60. The van der Waals surface area contributed by atoms with Crippen LogP contribution in [-0.2, 0) is 4.74 Å². The predicted octanol–water partition coefficient (Wildman–Crippen LogP) is 0.686. The molecule has 0 rings (SSSR count). The number of rotatable bonds is 12. The third-order valence-corrected chi connectivity index (χ3v) is 3.84. The van der Waals surface area contributed by atoms with Crippen LogP contribution >= 0.6 is 0 Å². The van der Waals surface area contributed by atoms with E-state index in [-0.39, 0.29) is 25.2 Å². The van der Waals surface area contributed by atoms with Gasteiger partial charge in [-0.15, -0.1) is 0 Å². The van der Waals surface area contributed by atoms with Crippen molar-refractivity contribution in [3.8, 4) is 0 Å². The zero-order valence-corrected chi connectivity index (χ0v) is 12.2. The van der Waals surface area contributed by atoms with Gasteiger partial charge in [-0.25, -0.2) is 0 Å². The molecule has 0 radical (unpaired) electrons. The molecule has 0 aromatic heterocycles. The van der Waals surface area contributed by atoms with E-state index in [2.05, 4.69) is 0 Å². The summed E-state index contributed by atoms with van der Waals surface area (Å²) in [5.41, 5.74) is -0.202. The Kier molecular flexibility index (Phi) is 10.5. The molecule has 0 bridgehead atoms. The Balaban J connectivity index is 3.75. The van der Waals surface area contributed by atoms with Gasteiger partial charge in [0.15, 0.2) is 0 Å². The first-order chi connectivity index (χ1) is 9.03. The molecule has 0 saturated heterocycles. The lowest BCUT2D eigenvalue weighted by molar-refractivity contribution is -0.0340. The molecule has 5 nitrogen and oxygen atoms in total. The molecule has 0 aromatic carbocycles. The van der Waals surface area contributed by atoms with Crippen molar-refractivity contribution in [3.63, 3.8) is 0 Å². The Hall–Kier alpha value is -0.200. The van der Waals surface area contributed by atoms with Crippen LogP contribution in [0.4, 0.5) is 0 Å². The second-order valence-electron chi connectivity index (χ2n) is 5.30. The quantitative estimate of drug-likeness (QED) is 0.422. The fraction of sp³-hybridized carbons (Fsp3) is 1.00. The van der Waals surface area contributed by atoms with Gasteiger partial charge in [0.2, 0.25) is 0 Å². The molecule has 0 amide bonds. The first kappa shape index (κ1) is 18.8. The van der Waals surface area contributed by atoms with Crippen molar-refractivity contribution in [2.75, 3.05) is 26.4 Å². The van der Waals surface area contributed by atoms with Gasteiger partial charge >= 0.3 is 0 Å². The highest BCUT2D eigenvalue weighted by Crippen LogP contribution is 2.25. The highest BCUT2D eigenvalue weighted by molar-refractivity contribution is 4.75. The van der Waals surface area contributed by atoms with Gasteiger partial charge < -0.3 is 25.2 Å². The van der Waals surface area contributed by atoms with E-state index in [0.29, 0.717) is 25.9 Å². The molecule has 0 saturated carbocycles. The van der Waals surface area contributed by atoms with E-state index in [1.54, 1.807) is 0 Å². The molecule has 5 heteroatoms. The largest absolute Gasteiger partial charge is 0.396 e.